The van der Waals surface area contributed by atoms with Gasteiger partial charge in [0.05, 0.1) is 10.0 Å². The maximum absolute atomic E-state index is 8.87. The van der Waals surface area contributed by atoms with Crippen LogP contribution in [0.4, 0.5) is 0 Å². The number of hydrogen-bond donors (Lipinski definition) is 0. The lowest BCUT2D eigenvalue weighted by atomic mass is 10.1. The molecule has 2 aromatic carbocycles. The average Bonchev–Trinajstić information content (AvgIpc) is 2.54. The summed E-state index contributed by atoms with van der Waals surface area (Å²) in [6.07, 6.45) is 1.43. The van der Waals surface area contributed by atoms with E-state index in [1.165, 1.54) is 6.08 Å². The van der Waals surface area contributed by atoms with Crippen LogP contribution in [0.5, 0.6) is 5.75 Å². The Hall–Kier alpha value is -2.17. The van der Waals surface area contributed by atoms with Gasteiger partial charge in [-0.3, -0.25) is 0 Å². The van der Waals surface area contributed by atoms with E-state index < -0.39 is 0 Å². The number of allylic oxidation sites excluding steroid dienone is 1. The fraction of sp³-hybridized carbons (Fsp3) is 0.0588. The third kappa shape index (κ3) is 4.65. The molecule has 0 saturated carbocycles. The Morgan fingerprint density at radius 1 is 1.00 bits per heavy atom. The molecular weight excluding hydrogens is 355 g/mol. The van der Waals surface area contributed by atoms with Crippen LogP contribution in [-0.4, -0.2) is 0 Å². The van der Waals surface area contributed by atoms with Crippen molar-refractivity contribution in [2.75, 3.05) is 0 Å². The van der Waals surface area contributed by atoms with Gasteiger partial charge in [-0.25, -0.2) is 0 Å². The van der Waals surface area contributed by atoms with Crippen molar-refractivity contribution in [3.63, 3.8) is 0 Å². The summed E-state index contributed by atoms with van der Waals surface area (Å²) in [6.45, 7) is 0.258. The zero-order chi connectivity index (χ0) is 16.8. The Labute approximate surface area is 148 Å². The van der Waals surface area contributed by atoms with Crippen LogP contribution in [0.1, 0.15) is 11.1 Å². The maximum atomic E-state index is 8.87. The summed E-state index contributed by atoms with van der Waals surface area (Å²) in [7, 11) is 0. The molecule has 0 heterocycles. The SMILES string of the molecule is N#CC(C#N)=Cc1cc(Cl)ccc1OCc1ccc(Cl)c(Cl)c1. The second-order valence-electron chi connectivity index (χ2n) is 4.50. The van der Waals surface area contributed by atoms with Gasteiger partial charge in [-0.15, -0.1) is 0 Å². The van der Waals surface area contributed by atoms with Gasteiger partial charge < -0.3 is 4.74 Å². The molecule has 2 aromatic rings. The quantitative estimate of drug-likeness (QED) is 0.659. The summed E-state index contributed by atoms with van der Waals surface area (Å²) >= 11 is 17.8. The van der Waals surface area contributed by atoms with Crippen molar-refractivity contribution in [3.05, 3.63) is 68.2 Å². The van der Waals surface area contributed by atoms with Crippen molar-refractivity contribution in [2.45, 2.75) is 6.61 Å². The van der Waals surface area contributed by atoms with E-state index in [9.17, 15) is 0 Å². The van der Waals surface area contributed by atoms with E-state index in [4.69, 9.17) is 50.1 Å². The van der Waals surface area contributed by atoms with Gasteiger partial charge in [0.25, 0.3) is 0 Å². The topological polar surface area (TPSA) is 56.8 Å². The monoisotopic (exact) mass is 362 g/mol. The van der Waals surface area contributed by atoms with Crippen LogP contribution in [0.15, 0.2) is 42.0 Å². The van der Waals surface area contributed by atoms with Crippen molar-refractivity contribution in [1.82, 2.24) is 0 Å². The molecule has 0 aliphatic carbocycles. The van der Waals surface area contributed by atoms with Gasteiger partial charge in [0, 0.05) is 10.6 Å². The van der Waals surface area contributed by atoms with Gasteiger partial charge in [0.2, 0.25) is 0 Å². The molecule has 6 heteroatoms. The first kappa shape index (κ1) is 17.2. The summed E-state index contributed by atoms with van der Waals surface area (Å²) in [6, 6.07) is 13.8. The Kier molecular flexibility index (Phi) is 5.90. The fourth-order valence-corrected chi connectivity index (χ4v) is 2.30. The predicted molar refractivity (Wildman–Crippen MR) is 91.4 cm³/mol. The minimum atomic E-state index is -0.0355. The molecule has 0 bridgehead atoms. The highest BCUT2D eigenvalue weighted by molar-refractivity contribution is 6.42. The van der Waals surface area contributed by atoms with Gasteiger partial charge in [0.1, 0.15) is 30.1 Å². The number of nitriles is 2. The maximum Gasteiger partial charge on any atom is 0.130 e. The van der Waals surface area contributed by atoms with Crippen LogP contribution >= 0.6 is 34.8 Å². The molecule has 114 valence electrons. The van der Waals surface area contributed by atoms with E-state index in [0.29, 0.717) is 26.4 Å². The smallest absolute Gasteiger partial charge is 0.130 e. The summed E-state index contributed by atoms with van der Waals surface area (Å²) in [5.41, 5.74) is 1.35. The lowest BCUT2D eigenvalue weighted by Crippen LogP contribution is -1.97. The first-order chi connectivity index (χ1) is 11.0. The van der Waals surface area contributed by atoms with E-state index in [0.717, 1.165) is 5.56 Å². The second-order valence-corrected chi connectivity index (χ2v) is 5.75. The Balaban J connectivity index is 2.26. The molecule has 0 saturated heterocycles. The number of hydrogen-bond acceptors (Lipinski definition) is 3. The molecule has 0 fully saturated rings. The number of rotatable bonds is 4. The summed E-state index contributed by atoms with van der Waals surface area (Å²) < 4.78 is 5.74. The van der Waals surface area contributed by atoms with E-state index >= 15 is 0 Å². The highest BCUT2D eigenvalue weighted by atomic mass is 35.5. The van der Waals surface area contributed by atoms with Crippen molar-refractivity contribution in [1.29, 1.82) is 10.5 Å². The van der Waals surface area contributed by atoms with Crippen molar-refractivity contribution in [3.8, 4) is 17.9 Å². The van der Waals surface area contributed by atoms with Crippen LogP contribution in [0.25, 0.3) is 6.08 Å². The molecule has 0 radical (unpaired) electrons. The summed E-state index contributed by atoms with van der Waals surface area (Å²) in [5.74, 6) is 0.503. The molecule has 0 amide bonds. The summed E-state index contributed by atoms with van der Waals surface area (Å²) in [5, 5.41) is 19.1. The van der Waals surface area contributed by atoms with Crippen molar-refractivity contribution in [2.24, 2.45) is 0 Å². The minimum Gasteiger partial charge on any atom is -0.488 e. The molecule has 0 N–H and O–H groups in total. The molecule has 23 heavy (non-hydrogen) atoms. The molecular formula is C17H9Cl3N2O. The fourth-order valence-electron chi connectivity index (χ4n) is 1.80. The summed E-state index contributed by atoms with van der Waals surface area (Å²) in [4.78, 5) is 0. The van der Waals surface area contributed by atoms with Crippen molar-refractivity contribution >= 4 is 40.9 Å². The third-order valence-electron chi connectivity index (χ3n) is 2.89. The van der Waals surface area contributed by atoms with Crippen LogP contribution < -0.4 is 4.74 Å². The van der Waals surface area contributed by atoms with Crippen LogP contribution in [-0.2, 0) is 6.61 Å². The van der Waals surface area contributed by atoms with E-state index in [2.05, 4.69) is 0 Å². The molecule has 0 atom stereocenters. The molecule has 0 unspecified atom stereocenters. The number of benzene rings is 2. The minimum absolute atomic E-state index is 0.0355. The number of nitrogens with zero attached hydrogens (tertiary/aromatic N) is 2. The highest BCUT2D eigenvalue weighted by Gasteiger charge is 2.06. The van der Waals surface area contributed by atoms with Crippen LogP contribution in [0, 0.1) is 22.7 Å². The zero-order valence-corrected chi connectivity index (χ0v) is 14.0. The standard InChI is InChI=1S/C17H9Cl3N2O/c18-14-2-4-17(13(7-14)5-12(8-21)9-22)23-10-11-1-3-15(19)16(20)6-11/h1-7H,10H2. The van der Waals surface area contributed by atoms with Gasteiger partial charge in [0.15, 0.2) is 0 Å². The normalized spacial score (nSPS) is 9.61. The molecule has 3 nitrogen and oxygen atoms in total. The number of halogens is 3. The highest BCUT2D eigenvalue weighted by Crippen LogP contribution is 2.27. The Morgan fingerprint density at radius 2 is 1.74 bits per heavy atom. The zero-order valence-electron chi connectivity index (χ0n) is 11.7. The molecule has 0 aliphatic rings. The van der Waals surface area contributed by atoms with Gasteiger partial charge >= 0.3 is 0 Å². The Morgan fingerprint density at radius 3 is 2.39 bits per heavy atom. The van der Waals surface area contributed by atoms with Gasteiger partial charge in [-0.2, -0.15) is 10.5 Å². The van der Waals surface area contributed by atoms with Gasteiger partial charge in [-0.1, -0.05) is 40.9 Å². The van der Waals surface area contributed by atoms with E-state index in [1.54, 1.807) is 48.5 Å². The first-order valence-electron chi connectivity index (χ1n) is 6.41. The Bertz CT molecular complexity index is 832. The molecule has 0 aromatic heterocycles. The van der Waals surface area contributed by atoms with E-state index in [-0.39, 0.29) is 12.2 Å². The van der Waals surface area contributed by atoms with Crippen molar-refractivity contribution < 1.29 is 4.74 Å². The third-order valence-corrected chi connectivity index (χ3v) is 3.87. The largest absolute Gasteiger partial charge is 0.488 e. The second kappa shape index (κ2) is 7.90. The first-order valence-corrected chi connectivity index (χ1v) is 7.55. The van der Waals surface area contributed by atoms with Crippen LogP contribution in [0.2, 0.25) is 15.1 Å². The average molecular weight is 364 g/mol. The predicted octanol–water partition coefficient (Wildman–Crippen LogP) is 5.66. The number of ether oxygens (including phenoxy) is 1. The molecule has 0 aliphatic heterocycles. The lowest BCUT2D eigenvalue weighted by Gasteiger charge is -2.10. The lowest BCUT2D eigenvalue weighted by molar-refractivity contribution is 0.305. The van der Waals surface area contributed by atoms with Crippen LogP contribution in [0.3, 0.4) is 0 Å². The van der Waals surface area contributed by atoms with Gasteiger partial charge in [-0.05, 0) is 42.0 Å². The van der Waals surface area contributed by atoms with E-state index in [1.807, 2.05) is 0 Å². The molecule has 2 rings (SSSR count). The molecule has 0 spiro atoms.